The molecule has 0 bridgehead atoms. The minimum atomic E-state index is -0.910. The Morgan fingerprint density at radius 1 is 1.07 bits per heavy atom. The lowest BCUT2D eigenvalue weighted by atomic mass is 10.0. The smallest absolute Gasteiger partial charge is 0.305 e. The van der Waals surface area contributed by atoms with Crippen molar-refractivity contribution in [1.82, 2.24) is 4.98 Å². The van der Waals surface area contributed by atoms with Crippen LogP contribution in [-0.2, 0) is 0 Å². The van der Waals surface area contributed by atoms with Crippen LogP contribution in [0.3, 0.4) is 0 Å². The van der Waals surface area contributed by atoms with Crippen molar-refractivity contribution >= 4 is 44.6 Å². The van der Waals surface area contributed by atoms with E-state index in [-0.39, 0.29) is 11.6 Å². The summed E-state index contributed by atoms with van der Waals surface area (Å²) in [5.74, 6) is -1.82. The van der Waals surface area contributed by atoms with Gasteiger partial charge >= 0.3 is 6.03 Å². The molecule has 0 saturated carbocycles. The number of thiophene rings is 1. The number of anilines is 3. The van der Waals surface area contributed by atoms with Crippen LogP contribution in [0.4, 0.5) is 30.6 Å². The predicted molar refractivity (Wildman–Crippen MR) is 112 cm³/mol. The number of carbonyl (C=O) groups is 1. The SMILES string of the molecule is Cc1ccc(-c2cccc(F)c2F)cc1N1C(=O)Nc2c(C)sc3nccc1c23. The van der Waals surface area contributed by atoms with Gasteiger partial charge in [0.05, 0.1) is 22.4 Å². The lowest BCUT2D eigenvalue weighted by Crippen LogP contribution is -2.34. The maximum absolute atomic E-state index is 14.3. The molecule has 29 heavy (non-hydrogen) atoms. The van der Waals surface area contributed by atoms with Crippen LogP contribution in [0.1, 0.15) is 10.4 Å². The zero-order valence-electron chi connectivity index (χ0n) is 15.6. The lowest BCUT2D eigenvalue weighted by Gasteiger charge is -2.30. The van der Waals surface area contributed by atoms with Crippen LogP contribution >= 0.6 is 11.3 Å². The summed E-state index contributed by atoms with van der Waals surface area (Å²) in [5.41, 5.74) is 3.58. The van der Waals surface area contributed by atoms with Gasteiger partial charge in [-0.2, -0.15) is 0 Å². The van der Waals surface area contributed by atoms with Gasteiger partial charge in [-0.3, -0.25) is 4.90 Å². The summed E-state index contributed by atoms with van der Waals surface area (Å²) >= 11 is 1.52. The second-order valence-electron chi connectivity index (χ2n) is 6.91. The summed E-state index contributed by atoms with van der Waals surface area (Å²) in [4.78, 5) is 20.8. The number of aryl methyl sites for hydroxylation is 2. The Morgan fingerprint density at radius 3 is 2.72 bits per heavy atom. The van der Waals surface area contributed by atoms with Crippen molar-refractivity contribution in [2.24, 2.45) is 0 Å². The Bertz CT molecular complexity index is 1320. The van der Waals surface area contributed by atoms with E-state index in [1.54, 1.807) is 35.4 Å². The predicted octanol–water partition coefficient (Wildman–Crippen LogP) is 6.54. The molecule has 0 fully saturated rings. The van der Waals surface area contributed by atoms with Crippen molar-refractivity contribution in [2.45, 2.75) is 13.8 Å². The third-order valence-corrected chi connectivity index (χ3v) is 6.15. The number of amides is 2. The molecule has 5 rings (SSSR count). The molecule has 0 saturated heterocycles. The van der Waals surface area contributed by atoms with Crippen molar-refractivity contribution in [3.8, 4) is 11.1 Å². The number of benzene rings is 2. The minimum absolute atomic E-state index is 0.149. The van der Waals surface area contributed by atoms with Gasteiger partial charge in [0, 0.05) is 16.6 Å². The first kappa shape index (κ1) is 17.8. The number of nitrogens with one attached hydrogen (secondary N) is 1. The number of halogens is 2. The minimum Gasteiger partial charge on any atom is -0.305 e. The van der Waals surface area contributed by atoms with E-state index in [1.807, 2.05) is 13.8 Å². The van der Waals surface area contributed by atoms with Crippen molar-refractivity contribution in [3.05, 3.63) is 70.7 Å². The molecule has 1 N–H and O–H groups in total. The highest BCUT2D eigenvalue weighted by atomic mass is 32.1. The van der Waals surface area contributed by atoms with Crippen LogP contribution < -0.4 is 10.2 Å². The number of aromatic nitrogens is 1. The van der Waals surface area contributed by atoms with Crippen molar-refractivity contribution < 1.29 is 13.6 Å². The third-order valence-electron chi connectivity index (χ3n) is 5.13. The molecule has 3 heterocycles. The van der Waals surface area contributed by atoms with Gasteiger partial charge in [0.2, 0.25) is 0 Å². The average Bonchev–Trinajstić information content (AvgIpc) is 3.02. The average molecular weight is 407 g/mol. The molecular weight excluding hydrogens is 392 g/mol. The molecule has 4 aromatic rings. The van der Waals surface area contributed by atoms with E-state index < -0.39 is 11.6 Å². The Hall–Kier alpha value is -3.32. The maximum Gasteiger partial charge on any atom is 0.331 e. The van der Waals surface area contributed by atoms with Gasteiger partial charge < -0.3 is 5.32 Å². The number of urea groups is 1. The van der Waals surface area contributed by atoms with Crippen LogP contribution in [-0.4, -0.2) is 11.0 Å². The van der Waals surface area contributed by atoms with Crippen molar-refractivity contribution in [2.75, 3.05) is 10.2 Å². The van der Waals surface area contributed by atoms with E-state index in [0.717, 1.165) is 38.1 Å². The summed E-state index contributed by atoms with van der Waals surface area (Å²) < 4.78 is 28.1. The van der Waals surface area contributed by atoms with Crippen LogP contribution in [0.25, 0.3) is 21.3 Å². The van der Waals surface area contributed by atoms with E-state index in [1.165, 1.54) is 23.5 Å². The van der Waals surface area contributed by atoms with E-state index in [9.17, 15) is 13.6 Å². The normalized spacial score (nSPS) is 13.1. The van der Waals surface area contributed by atoms with Crippen LogP contribution in [0.15, 0.2) is 48.7 Å². The molecular formula is C22H15F2N3OS. The van der Waals surface area contributed by atoms with Gasteiger partial charge in [-0.05, 0) is 43.2 Å². The van der Waals surface area contributed by atoms with Crippen LogP contribution in [0.5, 0.6) is 0 Å². The Balaban J connectivity index is 1.73. The van der Waals surface area contributed by atoms with Gasteiger partial charge in [0.15, 0.2) is 11.6 Å². The Morgan fingerprint density at radius 2 is 1.90 bits per heavy atom. The largest absolute Gasteiger partial charge is 0.331 e. The van der Waals surface area contributed by atoms with Gasteiger partial charge in [0.1, 0.15) is 4.83 Å². The fourth-order valence-corrected chi connectivity index (χ4v) is 4.68. The topological polar surface area (TPSA) is 45.2 Å². The van der Waals surface area contributed by atoms with E-state index >= 15 is 0 Å². The van der Waals surface area contributed by atoms with Crippen LogP contribution in [0.2, 0.25) is 0 Å². The number of hydrogen-bond donors (Lipinski definition) is 1. The molecule has 144 valence electrons. The fraction of sp³-hybridized carbons (Fsp3) is 0.0909. The molecule has 1 aliphatic rings. The summed E-state index contributed by atoms with van der Waals surface area (Å²) in [6.07, 6.45) is 1.68. The van der Waals surface area contributed by atoms with E-state index in [4.69, 9.17) is 0 Å². The molecule has 2 aromatic heterocycles. The highest BCUT2D eigenvalue weighted by molar-refractivity contribution is 7.19. The maximum atomic E-state index is 14.3. The molecule has 0 unspecified atom stereocenters. The summed E-state index contributed by atoms with van der Waals surface area (Å²) in [6, 6.07) is 10.8. The monoisotopic (exact) mass is 407 g/mol. The fourth-order valence-electron chi connectivity index (χ4n) is 3.71. The first-order valence-corrected chi connectivity index (χ1v) is 9.81. The second-order valence-corrected chi connectivity index (χ2v) is 8.11. The van der Waals surface area contributed by atoms with E-state index in [0.29, 0.717) is 11.3 Å². The highest BCUT2D eigenvalue weighted by Gasteiger charge is 2.30. The standard InChI is InChI=1S/C22H15F2N3OS/c1-11-6-7-13(14-4-3-5-15(23)19(14)24)10-17(11)27-16-8-9-25-21-18(16)20(12(2)29-21)26-22(27)28/h3-10H,1-2H3,(H,26,28). The first-order chi connectivity index (χ1) is 14.0. The van der Waals surface area contributed by atoms with Crippen molar-refractivity contribution in [3.63, 3.8) is 0 Å². The molecule has 7 heteroatoms. The number of carbonyl (C=O) groups excluding carboxylic acids is 1. The molecule has 0 spiro atoms. The summed E-state index contributed by atoms with van der Waals surface area (Å²) in [7, 11) is 0. The summed E-state index contributed by atoms with van der Waals surface area (Å²) in [5, 5.41) is 3.84. The first-order valence-electron chi connectivity index (χ1n) is 9.00. The molecule has 1 aliphatic heterocycles. The molecule has 2 aromatic carbocycles. The number of nitrogens with zero attached hydrogens (tertiary/aromatic N) is 2. The molecule has 2 amide bonds. The quantitative estimate of drug-likeness (QED) is 0.410. The summed E-state index contributed by atoms with van der Waals surface area (Å²) in [6.45, 7) is 3.82. The Kier molecular flexibility index (Phi) is 3.89. The third kappa shape index (κ3) is 2.61. The number of hydrogen-bond acceptors (Lipinski definition) is 3. The molecule has 0 aliphatic carbocycles. The van der Waals surface area contributed by atoms with Gasteiger partial charge in [-0.15, -0.1) is 11.3 Å². The molecule has 0 radical (unpaired) electrons. The van der Waals surface area contributed by atoms with Gasteiger partial charge in [0.25, 0.3) is 0 Å². The molecule has 0 atom stereocenters. The van der Waals surface area contributed by atoms with Crippen molar-refractivity contribution in [1.29, 1.82) is 0 Å². The lowest BCUT2D eigenvalue weighted by molar-refractivity contribution is 0.259. The van der Waals surface area contributed by atoms with E-state index in [2.05, 4.69) is 10.3 Å². The van der Waals surface area contributed by atoms with Gasteiger partial charge in [-0.1, -0.05) is 24.3 Å². The number of pyridine rings is 1. The van der Waals surface area contributed by atoms with Crippen LogP contribution in [0, 0.1) is 25.5 Å². The highest BCUT2D eigenvalue weighted by Crippen LogP contribution is 2.46. The Labute approximate surface area is 169 Å². The molecule has 4 nitrogen and oxygen atoms in total. The number of rotatable bonds is 2. The zero-order chi connectivity index (χ0) is 20.3. The van der Waals surface area contributed by atoms with Gasteiger partial charge in [-0.25, -0.2) is 18.6 Å². The second kappa shape index (κ2) is 6.35. The zero-order valence-corrected chi connectivity index (χ0v) is 16.4.